The fourth-order valence-corrected chi connectivity index (χ4v) is 1.68. The third kappa shape index (κ3) is 1.96. The topological polar surface area (TPSA) is 87.0 Å². The normalized spacial score (nSPS) is 10.5. The van der Waals surface area contributed by atoms with Gasteiger partial charge in [-0.05, 0) is 6.92 Å². The Bertz CT molecular complexity index is 589. The van der Waals surface area contributed by atoms with Crippen LogP contribution in [0.15, 0.2) is 24.4 Å². The highest BCUT2D eigenvalue weighted by Crippen LogP contribution is 2.28. The second-order valence-corrected chi connectivity index (χ2v) is 3.87. The summed E-state index contributed by atoms with van der Waals surface area (Å²) in [5.74, 6) is 0. The van der Waals surface area contributed by atoms with Gasteiger partial charge in [0.25, 0.3) is 5.69 Å². The van der Waals surface area contributed by atoms with Crippen molar-refractivity contribution in [1.29, 1.82) is 0 Å². The number of hydrogen-bond acceptors (Lipinski definition) is 4. The number of benzene rings is 1. The van der Waals surface area contributed by atoms with E-state index in [1.54, 1.807) is 37.0 Å². The number of rotatable bonds is 2. The lowest BCUT2D eigenvalue weighted by Crippen LogP contribution is -1.94. The van der Waals surface area contributed by atoms with E-state index in [0.717, 1.165) is 0 Å². The molecular weight excluding hydrogens is 220 g/mol. The number of nitro benzene ring substituents is 1. The van der Waals surface area contributed by atoms with E-state index in [2.05, 4.69) is 5.10 Å². The molecule has 0 radical (unpaired) electrons. The highest BCUT2D eigenvalue weighted by Gasteiger charge is 2.14. The van der Waals surface area contributed by atoms with Gasteiger partial charge in [0.05, 0.1) is 10.6 Å². The Labute approximate surface area is 97.8 Å². The monoisotopic (exact) mass is 232 g/mol. The van der Waals surface area contributed by atoms with Crippen molar-refractivity contribution in [3.63, 3.8) is 0 Å². The predicted octanol–water partition coefficient (Wildman–Crippen LogP) is 1.89. The number of nitrogens with zero attached hydrogens (tertiary/aromatic N) is 3. The number of nitrogen functional groups attached to an aromatic ring is 1. The largest absolute Gasteiger partial charge is 0.396 e. The molecule has 0 amide bonds. The van der Waals surface area contributed by atoms with Crippen molar-refractivity contribution in [2.45, 2.75) is 6.92 Å². The van der Waals surface area contributed by atoms with Crippen LogP contribution in [0.4, 0.5) is 11.4 Å². The molecule has 17 heavy (non-hydrogen) atoms. The molecule has 0 aliphatic carbocycles. The molecule has 0 spiro atoms. The van der Waals surface area contributed by atoms with Crippen molar-refractivity contribution < 1.29 is 4.92 Å². The van der Waals surface area contributed by atoms with Gasteiger partial charge in [0.2, 0.25) is 0 Å². The van der Waals surface area contributed by atoms with Crippen molar-refractivity contribution in [3.05, 3.63) is 40.1 Å². The van der Waals surface area contributed by atoms with Crippen LogP contribution in [0, 0.1) is 17.0 Å². The molecule has 0 aliphatic rings. The second-order valence-electron chi connectivity index (χ2n) is 3.87. The Morgan fingerprint density at radius 3 is 2.71 bits per heavy atom. The number of anilines is 1. The van der Waals surface area contributed by atoms with Gasteiger partial charge in [-0.15, -0.1) is 0 Å². The summed E-state index contributed by atoms with van der Waals surface area (Å²) in [6.07, 6.45) is 1.67. The SMILES string of the molecule is Cc1ccc(-c2nn(C)cc2N)cc1[N+](=O)[O-]. The maximum Gasteiger partial charge on any atom is 0.272 e. The molecule has 0 aliphatic heterocycles. The summed E-state index contributed by atoms with van der Waals surface area (Å²) in [6.45, 7) is 1.70. The minimum Gasteiger partial charge on any atom is -0.396 e. The van der Waals surface area contributed by atoms with Gasteiger partial charge in [-0.25, -0.2) is 0 Å². The Hall–Kier alpha value is -2.37. The van der Waals surface area contributed by atoms with E-state index in [0.29, 0.717) is 22.5 Å². The molecule has 6 heteroatoms. The molecule has 0 atom stereocenters. The van der Waals surface area contributed by atoms with Crippen LogP contribution in [0.1, 0.15) is 5.56 Å². The molecule has 0 unspecified atom stereocenters. The first-order chi connectivity index (χ1) is 7.99. The van der Waals surface area contributed by atoms with Crippen LogP contribution in [0.3, 0.4) is 0 Å². The second kappa shape index (κ2) is 3.89. The average Bonchev–Trinajstić information content (AvgIpc) is 2.58. The van der Waals surface area contributed by atoms with Crippen LogP contribution >= 0.6 is 0 Å². The van der Waals surface area contributed by atoms with Crippen molar-refractivity contribution in [3.8, 4) is 11.3 Å². The maximum absolute atomic E-state index is 10.8. The van der Waals surface area contributed by atoms with Gasteiger partial charge < -0.3 is 5.73 Å². The van der Waals surface area contributed by atoms with E-state index >= 15 is 0 Å². The van der Waals surface area contributed by atoms with E-state index in [1.165, 1.54) is 6.07 Å². The lowest BCUT2D eigenvalue weighted by atomic mass is 10.1. The smallest absolute Gasteiger partial charge is 0.272 e. The highest BCUT2D eigenvalue weighted by atomic mass is 16.6. The number of nitro groups is 1. The number of nitrogens with two attached hydrogens (primary N) is 1. The highest BCUT2D eigenvalue weighted by molar-refractivity contribution is 5.74. The minimum atomic E-state index is -0.405. The molecule has 0 saturated carbocycles. The third-order valence-corrected chi connectivity index (χ3v) is 2.54. The summed E-state index contributed by atoms with van der Waals surface area (Å²) in [4.78, 5) is 10.4. The predicted molar refractivity (Wildman–Crippen MR) is 64.4 cm³/mol. The van der Waals surface area contributed by atoms with Crippen LogP contribution < -0.4 is 5.73 Å². The number of hydrogen-bond donors (Lipinski definition) is 1. The molecule has 0 bridgehead atoms. The van der Waals surface area contributed by atoms with Crippen molar-refractivity contribution >= 4 is 11.4 Å². The molecular formula is C11H12N4O2. The van der Waals surface area contributed by atoms with Crippen LogP contribution in [-0.4, -0.2) is 14.7 Å². The first-order valence-electron chi connectivity index (χ1n) is 5.03. The average molecular weight is 232 g/mol. The lowest BCUT2D eigenvalue weighted by Gasteiger charge is -2.01. The fraction of sp³-hybridized carbons (Fsp3) is 0.182. The van der Waals surface area contributed by atoms with Crippen LogP contribution in [0.25, 0.3) is 11.3 Å². The van der Waals surface area contributed by atoms with Crippen molar-refractivity contribution in [2.24, 2.45) is 7.05 Å². The Morgan fingerprint density at radius 1 is 1.47 bits per heavy atom. The number of aromatic nitrogens is 2. The third-order valence-electron chi connectivity index (χ3n) is 2.54. The first kappa shape index (κ1) is 11.1. The van der Waals surface area contributed by atoms with Crippen molar-refractivity contribution in [1.82, 2.24) is 9.78 Å². The van der Waals surface area contributed by atoms with Crippen LogP contribution in [-0.2, 0) is 7.05 Å². The molecule has 2 N–H and O–H groups in total. The molecule has 6 nitrogen and oxygen atoms in total. The standard InChI is InChI=1S/C11H12N4O2/c1-7-3-4-8(5-10(7)15(16)17)11-9(12)6-14(2)13-11/h3-6H,12H2,1-2H3. The van der Waals surface area contributed by atoms with Gasteiger partial charge in [-0.3, -0.25) is 14.8 Å². The Kier molecular flexibility index (Phi) is 2.55. The maximum atomic E-state index is 10.8. The van der Waals surface area contributed by atoms with Crippen LogP contribution in [0.2, 0.25) is 0 Å². The van der Waals surface area contributed by atoms with Gasteiger partial charge in [0.1, 0.15) is 5.69 Å². The van der Waals surface area contributed by atoms with E-state index in [-0.39, 0.29) is 5.69 Å². The molecule has 2 rings (SSSR count). The zero-order valence-electron chi connectivity index (χ0n) is 9.54. The number of aryl methyl sites for hydroxylation is 2. The summed E-state index contributed by atoms with van der Waals surface area (Å²) >= 11 is 0. The summed E-state index contributed by atoms with van der Waals surface area (Å²) in [6, 6.07) is 4.97. The van der Waals surface area contributed by atoms with Gasteiger partial charge >= 0.3 is 0 Å². The molecule has 1 aromatic carbocycles. The van der Waals surface area contributed by atoms with Gasteiger partial charge in [-0.1, -0.05) is 12.1 Å². The first-order valence-corrected chi connectivity index (χ1v) is 5.03. The van der Waals surface area contributed by atoms with Crippen molar-refractivity contribution in [2.75, 3.05) is 5.73 Å². The summed E-state index contributed by atoms with van der Waals surface area (Å²) in [7, 11) is 1.75. The fourth-order valence-electron chi connectivity index (χ4n) is 1.68. The minimum absolute atomic E-state index is 0.0764. The van der Waals surface area contributed by atoms with E-state index < -0.39 is 4.92 Å². The quantitative estimate of drug-likeness (QED) is 0.632. The molecule has 1 aromatic heterocycles. The molecule has 0 fully saturated rings. The molecule has 2 aromatic rings. The van der Waals surface area contributed by atoms with Gasteiger partial charge in [0.15, 0.2) is 0 Å². The van der Waals surface area contributed by atoms with E-state index in [4.69, 9.17) is 5.73 Å². The van der Waals surface area contributed by atoms with Gasteiger partial charge in [0, 0.05) is 30.4 Å². The Morgan fingerprint density at radius 2 is 2.18 bits per heavy atom. The summed E-state index contributed by atoms with van der Waals surface area (Å²) in [5.41, 5.74) is 8.20. The molecule has 0 saturated heterocycles. The zero-order valence-corrected chi connectivity index (χ0v) is 9.54. The summed E-state index contributed by atoms with van der Waals surface area (Å²) in [5, 5.41) is 15.0. The van der Waals surface area contributed by atoms with E-state index in [1.807, 2.05) is 0 Å². The van der Waals surface area contributed by atoms with Crippen LogP contribution in [0.5, 0.6) is 0 Å². The zero-order chi connectivity index (χ0) is 12.6. The lowest BCUT2D eigenvalue weighted by molar-refractivity contribution is -0.385. The van der Waals surface area contributed by atoms with Gasteiger partial charge in [-0.2, -0.15) is 5.10 Å². The van der Waals surface area contributed by atoms with E-state index in [9.17, 15) is 10.1 Å². The molecule has 88 valence electrons. The Balaban J connectivity index is 2.57. The summed E-state index contributed by atoms with van der Waals surface area (Å²) < 4.78 is 1.58. The molecule has 1 heterocycles.